The van der Waals surface area contributed by atoms with Crippen LogP contribution < -0.4 is 10.5 Å². The number of rotatable bonds is 4. The third-order valence-electron chi connectivity index (χ3n) is 3.20. The van der Waals surface area contributed by atoms with E-state index in [4.69, 9.17) is 15.9 Å². The van der Waals surface area contributed by atoms with Gasteiger partial charge in [0.1, 0.15) is 11.6 Å². The minimum Gasteiger partial charge on any atom is -0.493 e. The first-order chi connectivity index (χ1) is 7.66. The smallest absolute Gasteiger partial charge is 0.122 e. The van der Waals surface area contributed by atoms with E-state index in [0.717, 1.165) is 29.4 Å². The zero-order chi connectivity index (χ0) is 11.5. The van der Waals surface area contributed by atoms with Crippen molar-refractivity contribution in [2.45, 2.75) is 26.2 Å². The van der Waals surface area contributed by atoms with Crippen LogP contribution in [0.1, 0.15) is 30.4 Å². The highest BCUT2D eigenvalue weighted by molar-refractivity contribution is 5.95. The molecule has 0 saturated heterocycles. The number of ether oxygens (including phenoxy) is 1. The molecule has 1 aliphatic carbocycles. The van der Waals surface area contributed by atoms with Crippen LogP contribution in [0.3, 0.4) is 0 Å². The van der Waals surface area contributed by atoms with Crippen LogP contribution in [0.5, 0.6) is 5.75 Å². The first-order valence-electron chi connectivity index (χ1n) is 5.74. The van der Waals surface area contributed by atoms with Crippen molar-refractivity contribution >= 4 is 5.84 Å². The van der Waals surface area contributed by atoms with Gasteiger partial charge in [0.2, 0.25) is 0 Å². The summed E-state index contributed by atoms with van der Waals surface area (Å²) in [6.07, 6.45) is 3.90. The van der Waals surface area contributed by atoms with Gasteiger partial charge < -0.3 is 10.5 Å². The summed E-state index contributed by atoms with van der Waals surface area (Å²) in [4.78, 5) is 0. The molecule has 0 atom stereocenters. The highest BCUT2D eigenvalue weighted by atomic mass is 16.5. The molecular formula is C13H18N2O. The Kier molecular flexibility index (Phi) is 3.13. The SMILES string of the molecule is Cc1ccc(C(=N)N)cc1OCC1CCC1. The maximum absolute atomic E-state index is 7.39. The van der Waals surface area contributed by atoms with Crippen molar-refractivity contribution < 1.29 is 4.74 Å². The standard InChI is InChI=1S/C13H18N2O/c1-9-5-6-11(13(14)15)7-12(9)16-8-10-3-2-4-10/h5-7,10H,2-4,8H2,1H3,(H3,14,15). The lowest BCUT2D eigenvalue weighted by molar-refractivity contribution is 0.180. The minimum absolute atomic E-state index is 0.0912. The number of aryl methyl sites for hydroxylation is 1. The summed E-state index contributed by atoms with van der Waals surface area (Å²) in [6.45, 7) is 2.81. The molecule has 0 bridgehead atoms. The van der Waals surface area contributed by atoms with Crippen molar-refractivity contribution in [1.82, 2.24) is 0 Å². The van der Waals surface area contributed by atoms with E-state index in [-0.39, 0.29) is 5.84 Å². The summed E-state index contributed by atoms with van der Waals surface area (Å²) in [5, 5.41) is 7.39. The highest BCUT2D eigenvalue weighted by Crippen LogP contribution is 2.28. The van der Waals surface area contributed by atoms with Crippen molar-refractivity contribution in [3.05, 3.63) is 29.3 Å². The predicted molar refractivity (Wildman–Crippen MR) is 65.0 cm³/mol. The van der Waals surface area contributed by atoms with Gasteiger partial charge in [-0.3, -0.25) is 5.41 Å². The Morgan fingerprint density at radius 1 is 1.50 bits per heavy atom. The van der Waals surface area contributed by atoms with Gasteiger partial charge in [0.15, 0.2) is 0 Å². The van der Waals surface area contributed by atoms with Crippen molar-refractivity contribution in [3.8, 4) is 5.75 Å². The molecule has 1 aromatic carbocycles. The molecule has 1 saturated carbocycles. The van der Waals surface area contributed by atoms with Crippen LogP contribution in [0.25, 0.3) is 0 Å². The molecule has 0 aromatic heterocycles. The number of benzene rings is 1. The average molecular weight is 218 g/mol. The number of hydrogen-bond donors (Lipinski definition) is 2. The monoisotopic (exact) mass is 218 g/mol. The number of amidine groups is 1. The molecule has 0 aliphatic heterocycles. The molecule has 0 amide bonds. The van der Waals surface area contributed by atoms with Gasteiger partial charge in [0.25, 0.3) is 0 Å². The largest absolute Gasteiger partial charge is 0.493 e. The van der Waals surface area contributed by atoms with E-state index >= 15 is 0 Å². The van der Waals surface area contributed by atoms with Crippen molar-refractivity contribution in [3.63, 3.8) is 0 Å². The minimum atomic E-state index is 0.0912. The van der Waals surface area contributed by atoms with Crippen LogP contribution in [-0.2, 0) is 0 Å². The molecule has 2 rings (SSSR count). The molecular weight excluding hydrogens is 200 g/mol. The molecule has 1 fully saturated rings. The van der Waals surface area contributed by atoms with Gasteiger partial charge in [0.05, 0.1) is 6.61 Å². The maximum atomic E-state index is 7.39. The molecule has 0 heterocycles. The second-order valence-electron chi connectivity index (χ2n) is 4.50. The van der Waals surface area contributed by atoms with Crippen LogP contribution in [0.2, 0.25) is 0 Å². The third kappa shape index (κ3) is 2.35. The van der Waals surface area contributed by atoms with Gasteiger partial charge in [-0.05, 0) is 37.3 Å². The fraction of sp³-hybridized carbons (Fsp3) is 0.462. The summed E-state index contributed by atoms with van der Waals surface area (Å²) >= 11 is 0. The zero-order valence-corrected chi connectivity index (χ0v) is 9.62. The number of nitrogens with one attached hydrogen (secondary N) is 1. The Morgan fingerprint density at radius 3 is 2.81 bits per heavy atom. The second-order valence-corrected chi connectivity index (χ2v) is 4.50. The zero-order valence-electron chi connectivity index (χ0n) is 9.62. The summed E-state index contributed by atoms with van der Waals surface area (Å²) in [7, 11) is 0. The van der Waals surface area contributed by atoms with Crippen molar-refractivity contribution in [2.75, 3.05) is 6.61 Å². The molecule has 1 aromatic rings. The third-order valence-corrected chi connectivity index (χ3v) is 3.20. The lowest BCUT2D eigenvalue weighted by Crippen LogP contribution is -2.19. The first-order valence-corrected chi connectivity index (χ1v) is 5.74. The Morgan fingerprint density at radius 2 is 2.25 bits per heavy atom. The van der Waals surface area contributed by atoms with Crippen LogP contribution in [0.4, 0.5) is 0 Å². The number of nitrogen functional groups attached to an aromatic ring is 1. The van der Waals surface area contributed by atoms with E-state index < -0.39 is 0 Å². The van der Waals surface area contributed by atoms with Crippen LogP contribution >= 0.6 is 0 Å². The van der Waals surface area contributed by atoms with Gasteiger partial charge in [-0.15, -0.1) is 0 Å². The van der Waals surface area contributed by atoms with E-state index in [1.165, 1.54) is 19.3 Å². The first kappa shape index (κ1) is 11.0. The predicted octanol–water partition coefficient (Wildman–Crippen LogP) is 2.46. The molecule has 16 heavy (non-hydrogen) atoms. The van der Waals surface area contributed by atoms with Gasteiger partial charge in [0, 0.05) is 5.56 Å². The average Bonchev–Trinajstić information content (AvgIpc) is 2.18. The molecule has 0 radical (unpaired) electrons. The van der Waals surface area contributed by atoms with Crippen molar-refractivity contribution in [2.24, 2.45) is 11.7 Å². The lowest BCUT2D eigenvalue weighted by atomic mass is 9.86. The van der Waals surface area contributed by atoms with E-state index in [0.29, 0.717) is 0 Å². The number of hydrogen-bond acceptors (Lipinski definition) is 2. The van der Waals surface area contributed by atoms with Crippen LogP contribution in [0, 0.1) is 18.3 Å². The van der Waals surface area contributed by atoms with E-state index in [2.05, 4.69) is 0 Å². The lowest BCUT2D eigenvalue weighted by Gasteiger charge is -2.25. The quantitative estimate of drug-likeness (QED) is 0.602. The van der Waals surface area contributed by atoms with Gasteiger partial charge in [-0.2, -0.15) is 0 Å². The Bertz CT molecular complexity index is 397. The topological polar surface area (TPSA) is 59.1 Å². The molecule has 1 aliphatic rings. The van der Waals surface area contributed by atoms with E-state index in [9.17, 15) is 0 Å². The summed E-state index contributed by atoms with van der Waals surface area (Å²) in [6, 6.07) is 5.66. The molecule has 3 nitrogen and oxygen atoms in total. The molecule has 0 unspecified atom stereocenters. The second kappa shape index (κ2) is 4.56. The molecule has 3 N–H and O–H groups in total. The van der Waals surface area contributed by atoms with Crippen molar-refractivity contribution in [1.29, 1.82) is 5.41 Å². The Labute approximate surface area is 96.1 Å². The summed E-state index contributed by atoms with van der Waals surface area (Å²) in [5.41, 5.74) is 7.29. The maximum Gasteiger partial charge on any atom is 0.122 e. The number of nitrogens with two attached hydrogens (primary N) is 1. The normalized spacial score (nSPS) is 15.6. The summed E-state index contributed by atoms with van der Waals surface area (Å²) < 4.78 is 5.78. The van der Waals surface area contributed by atoms with Crippen LogP contribution in [0.15, 0.2) is 18.2 Å². The molecule has 3 heteroatoms. The highest BCUT2D eigenvalue weighted by Gasteiger charge is 2.18. The van der Waals surface area contributed by atoms with E-state index in [1.807, 2.05) is 25.1 Å². The summed E-state index contributed by atoms with van der Waals surface area (Å²) in [5.74, 6) is 1.67. The Hall–Kier alpha value is -1.51. The van der Waals surface area contributed by atoms with Crippen LogP contribution in [-0.4, -0.2) is 12.4 Å². The van der Waals surface area contributed by atoms with Gasteiger partial charge in [-0.1, -0.05) is 18.6 Å². The van der Waals surface area contributed by atoms with E-state index in [1.54, 1.807) is 0 Å². The fourth-order valence-corrected chi connectivity index (χ4v) is 1.79. The Balaban J connectivity index is 2.05. The van der Waals surface area contributed by atoms with Gasteiger partial charge in [-0.25, -0.2) is 0 Å². The van der Waals surface area contributed by atoms with Gasteiger partial charge >= 0.3 is 0 Å². The fourth-order valence-electron chi connectivity index (χ4n) is 1.79. The molecule has 86 valence electrons. The molecule has 0 spiro atoms.